The normalized spacial score (nSPS) is 24.0. The predicted octanol–water partition coefficient (Wildman–Crippen LogP) is 1.69. The summed E-state index contributed by atoms with van der Waals surface area (Å²) in [5, 5.41) is 3.32. The van der Waals surface area contributed by atoms with Crippen LogP contribution in [0.15, 0.2) is 30.3 Å². The number of likely N-dealkylation sites (tertiary alicyclic amines) is 1. The van der Waals surface area contributed by atoms with Crippen molar-refractivity contribution in [1.29, 1.82) is 0 Å². The number of rotatable bonds is 3. The van der Waals surface area contributed by atoms with Gasteiger partial charge in [-0.2, -0.15) is 0 Å². The Bertz CT molecular complexity index is 391. The van der Waals surface area contributed by atoms with Gasteiger partial charge in [-0.3, -0.25) is 4.79 Å². The van der Waals surface area contributed by atoms with Gasteiger partial charge in [-0.15, -0.1) is 0 Å². The molecule has 1 fully saturated rings. The summed E-state index contributed by atoms with van der Waals surface area (Å²) in [6.45, 7) is 3.96. The molecule has 2 rings (SSSR count). The van der Waals surface area contributed by atoms with Crippen LogP contribution < -0.4 is 5.32 Å². The molecule has 0 aromatic heterocycles. The van der Waals surface area contributed by atoms with E-state index in [0.29, 0.717) is 18.4 Å². The Morgan fingerprint density at radius 1 is 1.39 bits per heavy atom. The molecule has 3 nitrogen and oxygen atoms in total. The minimum atomic E-state index is 0.252. The van der Waals surface area contributed by atoms with E-state index >= 15 is 0 Å². The molecule has 0 spiro atoms. The lowest BCUT2D eigenvalue weighted by molar-refractivity contribution is -0.132. The molecule has 0 bridgehead atoms. The van der Waals surface area contributed by atoms with Crippen LogP contribution in [0.2, 0.25) is 0 Å². The molecule has 18 heavy (non-hydrogen) atoms. The predicted molar refractivity (Wildman–Crippen MR) is 73.4 cm³/mol. The third-order valence-corrected chi connectivity index (χ3v) is 3.83. The van der Waals surface area contributed by atoms with Crippen LogP contribution in [0.1, 0.15) is 18.9 Å². The molecule has 1 aromatic carbocycles. The number of carbonyl (C=O) groups is 1. The lowest BCUT2D eigenvalue weighted by Crippen LogP contribution is -2.49. The van der Waals surface area contributed by atoms with E-state index in [-0.39, 0.29) is 5.91 Å². The number of piperidine rings is 1. The zero-order chi connectivity index (χ0) is 13.0. The fourth-order valence-corrected chi connectivity index (χ4v) is 2.68. The van der Waals surface area contributed by atoms with Crippen molar-refractivity contribution in [3.63, 3.8) is 0 Å². The maximum Gasteiger partial charge on any atom is 0.227 e. The minimum absolute atomic E-state index is 0.252. The Morgan fingerprint density at radius 3 is 2.72 bits per heavy atom. The summed E-state index contributed by atoms with van der Waals surface area (Å²) in [4.78, 5) is 14.2. The molecule has 1 aliphatic heterocycles. The summed E-state index contributed by atoms with van der Waals surface area (Å²) < 4.78 is 0. The number of nitrogens with zero attached hydrogens (tertiary/aromatic N) is 1. The topological polar surface area (TPSA) is 32.3 Å². The first-order valence-corrected chi connectivity index (χ1v) is 6.69. The highest BCUT2D eigenvalue weighted by Gasteiger charge is 2.27. The standard InChI is InChI=1S/C15H22N2O/c1-12-11-17(9-8-14(12)16-2)15(18)10-13-6-4-3-5-7-13/h3-7,12,14,16H,8-11H2,1-2H3. The first kappa shape index (κ1) is 13.1. The van der Waals surface area contributed by atoms with E-state index in [4.69, 9.17) is 0 Å². The Hall–Kier alpha value is -1.35. The molecule has 2 atom stereocenters. The van der Waals surface area contributed by atoms with Crippen molar-refractivity contribution < 1.29 is 4.79 Å². The number of nitrogens with one attached hydrogen (secondary N) is 1. The van der Waals surface area contributed by atoms with Gasteiger partial charge >= 0.3 is 0 Å². The van der Waals surface area contributed by atoms with E-state index in [9.17, 15) is 4.79 Å². The highest BCUT2D eigenvalue weighted by Crippen LogP contribution is 2.17. The number of benzene rings is 1. The molecule has 2 unspecified atom stereocenters. The zero-order valence-electron chi connectivity index (χ0n) is 11.2. The summed E-state index contributed by atoms with van der Waals surface area (Å²) in [5.74, 6) is 0.783. The van der Waals surface area contributed by atoms with Crippen LogP contribution >= 0.6 is 0 Å². The number of hydrogen-bond donors (Lipinski definition) is 1. The fraction of sp³-hybridized carbons (Fsp3) is 0.533. The van der Waals surface area contributed by atoms with Crippen LogP contribution in [-0.2, 0) is 11.2 Å². The molecular weight excluding hydrogens is 224 g/mol. The van der Waals surface area contributed by atoms with Crippen molar-refractivity contribution in [2.75, 3.05) is 20.1 Å². The summed E-state index contributed by atoms with van der Waals surface area (Å²) in [6, 6.07) is 10.5. The highest BCUT2D eigenvalue weighted by atomic mass is 16.2. The van der Waals surface area contributed by atoms with Gasteiger partial charge < -0.3 is 10.2 Å². The minimum Gasteiger partial charge on any atom is -0.342 e. The molecule has 0 aliphatic carbocycles. The summed E-state index contributed by atoms with van der Waals surface area (Å²) in [7, 11) is 2.00. The molecule has 0 radical (unpaired) electrons. The van der Waals surface area contributed by atoms with Crippen molar-refractivity contribution in [2.45, 2.75) is 25.8 Å². The van der Waals surface area contributed by atoms with Gasteiger partial charge in [0, 0.05) is 19.1 Å². The van der Waals surface area contributed by atoms with E-state index in [0.717, 1.165) is 25.1 Å². The molecule has 1 aromatic rings. The first-order chi connectivity index (χ1) is 8.70. The number of amides is 1. The van der Waals surface area contributed by atoms with Crippen molar-refractivity contribution in [3.8, 4) is 0 Å². The zero-order valence-corrected chi connectivity index (χ0v) is 11.2. The monoisotopic (exact) mass is 246 g/mol. The molecule has 98 valence electrons. The molecule has 3 heteroatoms. The van der Waals surface area contributed by atoms with E-state index in [1.807, 2.05) is 42.3 Å². The highest BCUT2D eigenvalue weighted by molar-refractivity contribution is 5.78. The van der Waals surface area contributed by atoms with Crippen molar-refractivity contribution >= 4 is 5.91 Å². The molecule has 1 amide bonds. The van der Waals surface area contributed by atoms with E-state index in [1.165, 1.54) is 0 Å². The van der Waals surface area contributed by atoms with Gasteiger partial charge in [-0.25, -0.2) is 0 Å². The second-order valence-electron chi connectivity index (χ2n) is 5.16. The van der Waals surface area contributed by atoms with Crippen molar-refractivity contribution in [2.24, 2.45) is 5.92 Å². The Kier molecular flexibility index (Phi) is 4.37. The number of hydrogen-bond acceptors (Lipinski definition) is 2. The van der Waals surface area contributed by atoms with Gasteiger partial charge in [-0.1, -0.05) is 37.3 Å². The lowest BCUT2D eigenvalue weighted by Gasteiger charge is -2.36. The van der Waals surface area contributed by atoms with Crippen LogP contribution in [0.4, 0.5) is 0 Å². The summed E-state index contributed by atoms with van der Waals surface area (Å²) in [6.07, 6.45) is 1.58. The Balaban J connectivity index is 1.91. The second-order valence-corrected chi connectivity index (χ2v) is 5.16. The maximum absolute atomic E-state index is 12.2. The van der Waals surface area contributed by atoms with Gasteiger partial charge in [-0.05, 0) is 24.9 Å². The van der Waals surface area contributed by atoms with Gasteiger partial charge in [0.15, 0.2) is 0 Å². The van der Waals surface area contributed by atoms with Gasteiger partial charge in [0.1, 0.15) is 0 Å². The molecule has 1 N–H and O–H groups in total. The molecule has 0 saturated carbocycles. The van der Waals surface area contributed by atoms with Crippen LogP contribution in [-0.4, -0.2) is 37.0 Å². The third-order valence-electron chi connectivity index (χ3n) is 3.83. The SMILES string of the molecule is CNC1CCN(C(=O)Cc2ccccc2)CC1C. The summed E-state index contributed by atoms with van der Waals surface area (Å²) >= 11 is 0. The van der Waals surface area contributed by atoms with E-state index in [2.05, 4.69) is 12.2 Å². The smallest absolute Gasteiger partial charge is 0.227 e. The summed E-state index contributed by atoms with van der Waals surface area (Å²) in [5.41, 5.74) is 1.10. The molecule has 1 saturated heterocycles. The molecule has 1 aliphatic rings. The van der Waals surface area contributed by atoms with E-state index in [1.54, 1.807) is 0 Å². The van der Waals surface area contributed by atoms with Crippen LogP contribution in [0, 0.1) is 5.92 Å². The molecular formula is C15H22N2O. The first-order valence-electron chi connectivity index (χ1n) is 6.69. The van der Waals surface area contributed by atoms with Crippen LogP contribution in [0.3, 0.4) is 0 Å². The van der Waals surface area contributed by atoms with Gasteiger partial charge in [0.2, 0.25) is 5.91 Å². The van der Waals surface area contributed by atoms with Gasteiger partial charge in [0.25, 0.3) is 0 Å². The third kappa shape index (κ3) is 3.10. The average molecular weight is 246 g/mol. The van der Waals surface area contributed by atoms with E-state index < -0.39 is 0 Å². The largest absolute Gasteiger partial charge is 0.342 e. The number of carbonyl (C=O) groups excluding carboxylic acids is 1. The van der Waals surface area contributed by atoms with Crippen LogP contribution in [0.25, 0.3) is 0 Å². The Morgan fingerprint density at radius 2 is 2.11 bits per heavy atom. The molecule has 1 heterocycles. The van der Waals surface area contributed by atoms with Crippen molar-refractivity contribution in [3.05, 3.63) is 35.9 Å². The average Bonchev–Trinajstić information content (AvgIpc) is 2.39. The lowest BCUT2D eigenvalue weighted by atomic mass is 9.93. The Labute approximate surface area is 109 Å². The van der Waals surface area contributed by atoms with Gasteiger partial charge in [0.05, 0.1) is 6.42 Å². The van der Waals surface area contributed by atoms with Crippen LogP contribution in [0.5, 0.6) is 0 Å². The quantitative estimate of drug-likeness (QED) is 0.880. The van der Waals surface area contributed by atoms with Crippen molar-refractivity contribution in [1.82, 2.24) is 10.2 Å². The second kappa shape index (κ2) is 6.01. The maximum atomic E-state index is 12.2. The fourth-order valence-electron chi connectivity index (χ4n) is 2.68.